The van der Waals surface area contributed by atoms with Crippen LogP contribution in [0.4, 0.5) is 0 Å². The minimum Gasteiger partial charge on any atom is -0.375 e. The number of benzene rings is 2. The summed E-state index contributed by atoms with van der Waals surface area (Å²) >= 11 is 0. The molecule has 0 saturated heterocycles. The number of carbonyl (C=O) groups is 3. The van der Waals surface area contributed by atoms with E-state index in [2.05, 4.69) is 4.98 Å². The Morgan fingerprint density at radius 1 is 0.824 bits per heavy atom. The molecule has 2 aromatic carbocycles. The third kappa shape index (κ3) is 4.65. The van der Waals surface area contributed by atoms with Crippen LogP contribution in [0, 0.1) is 0 Å². The number of rotatable bonds is 8. The average molecular weight is 456 g/mol. The fourth-order valence-electron chi connectivity index (χ4n) is 4.00. The van der Waals surface area contributed by atoms with Gasteiger partial charge in [-0.1, -0.05) is 60.7 Å². The fraction of sp³-hybridized carbons (Fsp3) is 0.185. The molecule has 0 N–H and O–H groups in total. The Balaban J connectivity index is 1.89. The van der Waals surface area contributed by atoms with Gasteiger partial charge >= 0.3 is 0 Å². The van der Waals surface area contributed by atoms with Gasteiger partial charge in [0.1, 0.15) is 23.7 Å². The number of ketones is 2. The van der Waals surface area contributed by atoms with Gasteiger partial charge in [0, 0.05) is 33.4 Å². The molecule has 0 fully saturated rings. The van der Waals surface area contributed by atoms with E-state index in [9.17, 15) is 14.4 Å². The first kappa shape index (κ1) is 23.1. The van der Waals surface area contributed by atoms with Crippen molar-refractivity contribution in [1.82, 2.24) is 14.8 Å². The Labute approximate surface area is 198 Å². The van der Waals surface area contributed by atoms with Crippen molar-refractivity contribution < 1.29 is 19.1 Å². The monoisotopic (exact) mass is 455 g/mol. The van der Waals surface area contributed by atoms with Crippen LogP contribution in [0.1, 0.15) is 32.0 Å². The van der Waals surface area contributed by atoms with Crippen molar-refractivity contribution in [2.75, 3.05) is 20.8 Å². The number of hydrogen-bond donors (Lipinski definition) is 0. The van der Waals surface area contributed by atoms with Crippen LogP contribution < -0.4 is 0 Å². The maximum Gasteiger partial charge on any atom is 0.252 e. The molecule has 1 aliphatic carbocycles. The summed E-state index contributed by atoms with van der Waals surface area (Å²) in [5.74, 6) is -1.25. The van der Waals surface area contributed by atoms with E-state index in [0.717, 1.165) is 11.1 Å². The smallest absolute Gasteiger partial charge is 0.252 e. The van der Waals surface area contributed by atoms with Gasteiger partial charge in [0.25, 0.3) is 5.91 Å². The third-order valence-corrected chi connectivity index (χ3v) is 5.65. The molecule has 1 heterocycles. The van der Waals surface area contributed by atoms with Crippen LogP contribution in [-0.4, -0.2) is 53.0 Å². The summed E-state index contributed by atoms with van der Waals surface area (Å²) < 4.78 is 4.99. The van der Waals surface area contributed by atoms with Crippen LogP contribution >= 0.6 is 0 Å². The van der Waals surface area contributed by atoms with Gasteiger partial charge in [-0.3, -0.25) is 19.4 Å². The summed E-state index contributed by atoms with van der Waals surface area (Å²) in [5, 5.41) is 0. The van der Waals surface area contributed by atoms with Crippen molar-refractivity contribution in [3.63, 3.8) is 0 Å². The van der Waals surface area contributed by atoms with Crippen LogP contribution in [0.5, 0.6) is 0 Å². The van der Waals surface area contributed by atoms with Gasteiger partial charge in [-0.15, -0.1) is 0 Å². The van der Waals surface area contributed by atoms with E-state index in [1.807, 2.05) is 65.6 Å². The Morgan fingerprint density at radius 3 is 1.97 bits per heavy atom. The van der Waals surface area contributed by atoms with E-state index in [1.165, 1.54) is 25.3 Å². The Bertz CT molecular complexity index is 1200. The Hall–Kier alpha value is -4.10. The number of fused-ring (bicyclic) bond motifs is 1. The molecule has 1 aliphatic rings. The first-order valence-corrected chi connectivity index (χ1v) is 10.9. The molecule has 0 radical (unpaired) electrons. The van der Waals surface area contributed by atoms with Gasteiger partial charge in [-0.2, -0.15) is 0 Å². The fourth-order valence-corrected chi connectivity index (χ4v) is 4.00. The van der Waals surface area contributed by atoms with E-state index < -0.39 is 11.7 Å². The number of aromatic nitrogens is 1. The topological polar surface area (TPSA) is 79.8 Å². The molecular formula is C27H25N3O4. The molecule has 7 nitrogen and oxygen atoms in total. The van der Waals surface area contributed by atoms with Crippen LogP contribution in [0.2, 0.25) is 0 Å². The summed E-state index contributed by atoms with van der Waals surface area (Å²) in [6.07, 6.45) is 1.47. The molecule has 1 aromatic heterocycles. The lowest BCUT2D eigenvalue weighted by Crippen LogP contribution is -2.42. The highest BCUT2D eigenvalue weighted by Crippen LogP contribution is 2.31. The van der Waals surface area contributed by atoms with E-state index >= 15 is 0 Å². The molecule has 0 saturated carbocycles. The number of carbonyl (C=O) groups excluding carboxylic acids is 3. The number of nitrogens with zero attached hydrogens (tertiary/aromatic N) is 3. The van der Waals surface area contributed by atoms with E-state index in [-0.39, 0.29) is 35.0 Å². The van der Waals surface area contributed by atoms with Gasteiger partial charge < -0.3 is 14.5 Å². The molecule has 1 amide bonds. The van der Waals surface area contributed by atoms with Crippen molar-refractivity contribution in [3.8, 4) is 0 Å². The molecule has 4 rings (SSSR count). The highest BCUT2D eigenvalue weighted by molar-refractivity contribution is 6.26. The minimum absolute atomic E-state index is 0.00473. The predicted octanol–water partition coefficient (Wildman–Crippen LogP) is 3.48. The number of Topliss-reactive ketones (excluding diaryl/α,β-unsaturated/α-hetero) is 2. The van der Waals surface area contributed by atoms with Crippen LogP contribution in [0.25, 0.3) is 0 Å². The number of ether oxygens (including phenoxy) is 1. The molecule has 0 atom stereocenters. The number of allylic oxidation sites excluding steroid dienone is 2. The largest absolute Gasteiger partial charge is 0.375 e. The number of amides is 1. The molecule has 0 bridgehead atoms. The summed E-state index contributed by atoms with van der Waals surface area (Å²) in [7, 11) is 2.89. The van der Waals surface area contributed by atoms with E-state index in [4.69, 9.17) is 4.74 Å². The summed E-state index contributed by atoms with van der Waals surface area (Å²) in [6, 6.07) is 22.6. The zero-order chi connectivity index (χ0) is 24.1. The zero-order valence-corrected chi connectivity index (χ0v) is 19.1. The number of methoxy groups -OCH3 is 1. The van der Waals surface area contributed by atoms with Crippen molar-refractivity contribution in [2.45, 2.75) is 13.1 Å². The lowest BCUT2D eigenvalue weighted by Gasteiger charge is -2.34. The summed E-state index contributed by atoms with van der Waals surface area (Å²) in [4.78, 5) is 47.4. The first-order valence-electron chi connectivity index (χ1n) is 10.9. The van der Waals surface area contributed by atoms with Gasteiger partial charge in [0.05, 0.1) is 5.56 Å². The second-order valence-electron chi connectivity index (χ2n) is 7.97. The molecule has 0 aliphatic heterocycles. The Kier molecular flexibility index (Phi) is 6.94. The van der Waals surface area contributed by atoms with E-state index in [0.29, 0.717) is 13.1 Å². The minimum atomic E-state index is -0.469. The standard InChI is InChI=1S/C27H25N3O4/c1-29(22(31)18-34-2)24-25(26(32)21-14-9-15-28-23(21)27(24)33)30(16-19-10-5-3-6-11-19)17-20-12-7-4-8-13-20/h3-15H,16-18H2,1-2H3. The quantitative estimate of drug-likeness (QED) is 0.517. The van der Waals surface area contributed by atoms with E-state index in [1.54, 1.807) is 12.1 Å². The highest BCUT2D eigenvalue weighted by atomic mass is 16.5. The van der Waals surface area contributed by atoms with Gasteiger partial charge in [-0.05, 0) is 23.3 Å². The summed E-state index contributed by atoms with van der Waals surface area (Å²) in [6.45, 7) is 0.520. The normalized spacial score (nSPS) is 13.0. The second kappa shape index (κ2) is 10.2. The maximum absolute atomic E-state index is 13.8. The van der Waals surface area contributed by atoms with Crippen LogP contribution in [0.15, 0.2) is 90.4 Å². The van der Waals surface area contributed by atoms with Crippen molar-refractivity contribution in [1.29, 1.82) is 0 Å². The SMILES string of the molecule is COCC(=O)N(C)C1=C(N(Cc2ccccc2)Cc2ccccc2)C(=O)c2cccnc2C1=O. The number of hydrogen-bond acceptors (Lipinski definition) is 6. The summed E-state index contributed by atoms with van der Waals surface area (Å²) in [5.41, 5.74) is 2.38. The maximum atomic E-state index is 13.8. The van der Waals surface area contributed by atoms with Crippen LogP contribution in [0.3, 0.4) is 0 Å². The molecular weight excluding hydrogens is 430 g/mol. The predicted molar refractivity (Wildman–Crippen MR) is 127 cm³/mol. The van der Waals surface area contributed by atoms with Gasteiger partial charge in [0.15, 0.2) is 0 Å². The third-order valence-electron chi connectivity index (χ3n) is 5.65. The second-order valence-corrected chi connectivity index (χ2v) is 7.97. The molecule has 0 spiro atoms. The van der Waals surface area contributed by atoms with Gasteiger partial charge in [-0.25, -0.2) is 0 Å². The van der Waals surface area contributed by atoms with Crippen LogP contribution in [-0.2, 0) is 22.6 Å². The van der Waals surface area contributed by atoms with Crippen molar-refractivity contribution in [2.24, 2.45) is 0 Å². The Morgan fingerprint density at radius 2 is 1.41 bits per heavy atom. The molecule has 7 heteroatoms. The molecule has 34 heavy (non-hydrogen) atoms. The van der Waals surface area contributed by atoms with Crippen molar-refractivity contribution >= 4 is 17.5 Å². The lowest BCUT2D eigenvalue weighted by molar-refractivity contribution is -0.131. The number of pyridine rings is 1. The highest BCUT2D eigenvalue weighted by Gasteiger charge is 2.39. The lowest BCUT2D eigenvalue weighted by atomic mass is 9.92. The first-order chi connectivity index (χ1) is 16.5. The average Bonchev–Trinajstić information content (AvgIpc) is 2.86. The van der Waals surface area contributed by atoms with Crippen molar-refractivity contribution in [3.05, 3.63) is 113 Å². The molecule has 3 aromatic rings. The number of likely N-dealkylation sites (N-methyl/N-ethyl adjacent to an activating group) is 1. The zero-order valence-electron chi connectivity index (χ0n) is 19.1. The van der Waals surface area contributed by atoms with Gasteiger partial charge in [0.2, 0.25) is 11.6 Å². The molecule has 0 unspecified atom stereocenters. The molecule has 172 valence electrons.